The van der Waals surface area contributed by atoms with E-state index in [-0.39, 0.29) is 6.04 Å². The van der Waals surface area contributed by atoms with Crippen molar-refractivity contribution in [2.24, 2.45) is 5.73 Å². The second-order valence-corrected chi connectivity index (χ2v) is 6.10. The molecule has 8 heteroatoms. The fraction of sp³-hybridized carbons (Fsp3) is 0.278. The van der Waals surface area contributed by atoms with Crippen LogP contribution in [0.5, 0.6) is 0 Å². The largest absolute Gasteiger partial charge is 0.478 e. The van der Waals surface area contributed by atoms with Crippen molar-refractivity contribution in [3.63, 3.8) is 0 Å². The van der Waals surface area contributed by atoms with E-state index in [1.54, 1.807) is 6.26 Å². The molecule has 2 unspecified atom stereocenters. The molecular weight excluding hydrogens is 338 g/mol. The summed E-state index contributed by atoms with van der Waals surface area (Å²) < 4.78 is 7.57. The van der Waals surface area contributed by atoms with E-state index in [0.29, 0.717) is 18.2 Å². The molecule has 1 aliphatic carbocycles. The summed E-state index contributed by atoms with van der Waals surface area (Å²) in [5, 5.41) is 22.5. The van der Waals surface area contributed by atoms with Gasteiger partial charge in [0.05, 0.1) is 24.0 Å². The lowest BCUT2D eigenvalue weighted by molar-refractivity contribution is -0.134. The standard InChI is InChI=1S/C14H15N3O.C4H4O4/c15-11-2-1-3-12(11)17-14-9(8-16-17)4-5-13-10(14)6-7-18-13;5-3(6)1-2-4(7)8/h4-8,11-12H,1-3,15H2;1-2H,(H,5,6)(H,7,8). The lowest BCUT2D eigenvalue weighted by Crippen LogP contribution is -2.27. The van der Waals surface area contributed by atoms with Crippen LogP contribution in [-0.2, 0) is 9.59 Å². The molecule has 4 rings (SSSR count). The topological polar surface area (TPSA) is 132 Å². The van der Waals surface area contributed by atoms with E-state index < -0.39 is 11.9 Å². The summed E-state index contributed by atoms with van der Waals surface area (Å²) in [5.74, 6) is -2.51. The Kier molecular flexibility index (Phi) is 5.04. The first-order valence-corrected chi connectivity index (χ1v) is 8.20. The number of carbonyl (C=O) groups is 2. The van der Waals surface area contributed by atoms with Gasteiger partial charge in [-0.15, -0.1) is 0 Å². The van der Waals surface area contributed by atoms with Gasteiger partial charge in [0.2, 0.25) is 0 Å². The number of hydrogen-bond donors (Lipinski definition) is 3. The minimum Gasteiger partial charge on any atom is -0.478 e. The fourth-order valence-electron chi connectivity index (χ4n) is 3.25. The molecule has 136 valence electrons. The highest BCUT2D eigenvalue weighted by Crippen LogP contribution is 2.34. The summed E-state index contributed by atoms with van der Waals surface area (Å²) in [6, 6.07) is 6.61. The molecular formula is C18H19N3O5. The molecule has 2 aromatic heterocycles. The Morgan fingerprint density at radius 2 is 1.92 bits per heavy atom. The number of fused-ring (bicyclic) bond motifs is 3. The van der Waals surface area contributed by atoms with Crippen LogP contribution in [-0.4, -0.2) is 38.0 Å². The zero-order chi connectivity index (χ0) is 18.7. The number of nitrogens with two attached hydrogens (primary N) is 1. The van der Waals surface area contributed by atoms with Gasteiger partial charge in [0, 0.05) is 29.0 Å². The van der Waals surface area contributed by atoms with Crippen LogP contribution in [0.25, 0.3) is 21.9 Å². The van der Waals surface area contributed by atoms with Crippen molar-refractivity contribution in [2.45, 2.75) is 31.3 Å². The van der Waals surface area contributed by atoms with Gasteiger partial charge >= 0.3 is 11.9 Å². The Labute approximate surface area is 148 Å². The zero-order valence-electron chi connectivity index (χ0n) is 13.9. The van der Waals surface area contributed by atoms with Crippen molar-refractivity contribution in [3.05, 3.63) is 42.8 Å². The first-order valence-electron chi connectivity index (χ1n) is 8.20. The Bertz CT molecular complexity index is 956. The number of furan rings is 1. The smallest absolute Gasteiger partial charge is 0.328 e. The molecule has 1 fully saturated rings. The summed E-state index contributed by atoms with van der Waals surface area (Å²) in [5.41, 5.74) is 8.27. The van der Waals surface area contributed by atoms with Crippen molar-refractivity contribution in [1.29, 1.82) is 0 Å². The normalized spacial score (nSPS) is 19.7. The third-order valence-corrected chi connectivity index (χ3v) is 4.40. The number of aliphatic carboxylic acids is 2. The van der Waals surface area contributed by atoms with Gasteiger partial charge in [-0.05, 0) is 37.5 Å². The minimum atomic E-state index is -1.26. The summed E-state index contributed by atoms with van der Waals surface area (Å²) in [6.07, 6.45) is 8.17. The lowest BCUT2D eigenvalue weighted by Gasteiger charge is -2.17. The molecule has 0 amide bonds. The van der Waals surface area contributed by atoms with Crippen molar-refractivity contribution < 1.29 is 24.2 Å². The highest BCUT2D eigenvalue weighted by Gasteiger charge is 2.27. The molecule has 8 nitrogen and oxygen atoms in total. The molecule has 1 aliphatic rings. The van der Waals surface area contributed by atoms with Gasteiger partial charge in [-0.1, -0.05) is 0 Å². The number of carboxylic acid groups (broad SMARTS) is 2. The van der Waals surface area contributed by atoms with Crippen LogP contribution in [0.3, 0.4) is 0 Å². The molecule has 0 aliphatic heterocycles. The maximum Gasteiger partial charge on any atom is 0.328 e. The van der Waals surface area contributed by atoms with Gasteiger partial charge in [0.25, 0.3) is 0 Å². The highest BCUT2D eigenvalue weighted by atomic mass is 16.4. The Balaban J connectivity index is 0.000000211. The van der Waals surface area contributed by atoms with Crippen LogP contribution >= 0.6 is 0 Å². The Morgan fingerprint density at radius 3 is 2.54 bits per heavy atom. The van der Waals surface area contributed by atoms with E-state index in [2.05, 4.69) is 15.8 Å². The third-order valence-electron chi connectivity index (χ3n) is 4.40. The maximum atomic E-state index is 9.55. The number of hydrogen-bond acceptors (Lipinski definition) is 5. The molecule has 0 radical (unpaired) electrons. The first kappa shape index (κ1) is 17.7. The van der Waals surface area contributed by atoms with E-state index in [1.165, 1.54) is 6.42 Å². The average Bonchev–Trinajstić information content (AvgIpc) is 3.30. The molecule has 0 bridgehead atoms. The minimum absolute atomic E-state index is 0.218. The molecule has 0 saturated heterocycles. The second-order valence-electron chi connectivity index (χ2n) is 6.10. The summed E-state index contributed by atoms with van der Waals surface area (Å²) in [4.78, 5) is 19.1. The van der Waals surface area contributed by atoms with E-state index in [4.69, 9.17) is 20.4 Å². The predicted octanol–water partition coefficient (Wildman–Crippen LogP) is 2.55. The molecule has 0 spiro atoms. The summed E-state index contributed by atoms with van der Waals surface area (Å²) in [6.45, 7) is 0. The van der Waals surface area contributed by atoms with Crippen LogP contribution in [0.15, 0.2) is 47.2 Å². The van der Waals surface area contributed by atoms with E-state index in [9.17, 15) is 9.59 Å². The molecule has 2 atom stereocenters. The van der Waals surface area contributed by atoms with Gasteiger partial charge in [-0.25, -0.2) is 9.59 Å². The monoisotopic (exact) mass is 357 g/mol. The van der Waals surface area contributed by atoms with Crippen LogP contribution < -0.4 is 5.73 Å². The van der Waals surface area contributed by atoms with Gasteiger partial charge in [0.1, 0.15) is 5.58 Å². The number of rotatable bonds is 3. The van der Waals surface area contributed by atoms with Crippen LogP contribution in [0.1, 0.15) is 25.3 Å². The van der Waals surface area contributed by atoms with Gasteiger partial charge in [-0.3, -0.25) is 4.68 Å². The quantitative estimate of drug-likeness (QED) is 0.614. The van der Waals surface area contributed by atoms with E-state index >= 15 is 0 Å². The molecule has 4 N–H and O–H groups in total. The third kappa shape index (κ3) is 3.60. The van der Waals surface area contributed by atoms with Crippen LogP contribution in [0.2, 0.25) is 0 Å². The van der Waals surface area contributed by atoms with Gasteiger partial charge in [0.15, 0.2) is 0 Å². The van der Waals surface area contributed by atoms with Crippen molar-refractivity contribution in [3.8, 4) is 0 Å². The van der Waals surface area contributed by atoms with Gasteiger partial charge < -0.3 is 20.4 Å². The predicted molar refractivity (Wildman–Crippen MR) is 94.8 cm³/mol. The van der Waals surface area contributed by atoms with E-state index in [0.717, 1.165) is 34.7 Å². The Morgan fingerprint density at radius 1 is 1.19 bits per heavy atom. The zero-order valence-corrected chi connectivity index (χ0v) is 13.9. The summed E-state index contributed by atoms with van der Waals surface area (Å²) >= 11 is 0. The molecule has 3 aromatic rings. The van der Waals surface area contributed by atoms with Crippen LogP contribution in [0, 0.1) is 0 Å². The lowest BCUT2D eigenvalue weighted by atomic mass is 10.1. The highest BCUT2D eigenvalue weighted by molar-refractivity contribution is 6.03. The molecule has 26 heavy (non-hydrogen) atoms. The van der Waals surface area contributed by atoms with Crippen molar-refractivity contribution in [1.82, 2.24) is 9.78 Å². The molecule has 1 saturated carbocycles. The SMILES string of the molecule is NC1CCCC1n1ncc2ccc3occc3c21.O=C(O)C=CC(=O)O. The van der Waals surface area contributed by atoms with E-state index in [1.807, 2.05) is 18.3 Å². The Hall–Kier alpha value is -3.13. The molecule has 2 heterocycles. The number of nitrogens with zero attached hydrogens (tertiary/aromatic N) is 2. The maximum absolute atomic E-state index is 9.55. The number of aromatic nitrogens is 2. The number of carboxylic acids is 2. The summed E-state index contributed by atoms with van der Waals surface area (Å²) in [7, 11) is 0. The first-order chi connectivity index (χ1) is 12.5. The van der Waals surface area contributed by atoms with Crippen molar-refractivity contribution in [2.75, 3.05) is 0 Å². The fourth-order valence-corrected chi connectivity index (χ4v) is 3.25. The van der Waals surface area contributed by atoms with Gasteiger partial charge in [-0.2, -0.15) is 5.10 Å². The number of benzene rings is 1. The second kappa shape index (κ2) is 7.40. The molecule has 1 aromatic carbocycles. The average molecular weight is 357 g/mol. The van der Waals surface area contributed by atoms with Crippen molar-refractivity contribution >= 4 is 33.8 Å². The van der Waals surface area contributed by atoms with Crippen LogP contribution in [0.4, 0.5) is 0 Å².